The van der Waals surface area contributed by atoms with Crippen LogP contribution >= 0.6 is 11.6 Å². The summed E-state index contributed by atoms with van der Waals surface area (Å²) in [4.78, 5) is 21.3. The van der Waals surface area contributed by atoms with Crippen LogP contribution in [-0.4, -0.2) is 32.9 Å². The van der Waals surface area contributed by atoms with E-state index in [-0.39, 0.29) is 12.3 Å². The van der Waals surface area contributed by atoms with Gasteiger partial charge in [0.1, 0.15) is 12.7 Å². The van der Waals surface area contributed by atoms with E-state index in [4.69, 9.17) is 16.6 Å². The van der Waals surface area contributed by atoms with E-state index < -0.39 is 0 Å². The lowest BCUT2D eigenvalue weighted by atomic mass is 10.1. The van der Waals surface area contributed by atoms with Gasteiger partial charge in [0.15, 0.2) is 0 Å². The molecule has 8 heteroatoms. The lowest BCUT2D eigenvalue weighted by molar-refractivity contribution is -0.115. The van der Waals surface area contributed by atoms with Crippen molar-refractivity contribution in [3.8, 4) is 5.69 Å². The second-order valence-corrected chi connectivity index (χ2v) is 7.70. The average Bonchev–Trinajstić information content (AvgIpc) is 3.17. The number of fused-ring (bicyclic) bond motifs is 1. The van der Waals surface area contributed by atoms with Gasteiger partial charge in [-0.2, -0.15) is 5.10 Å². The van der Waals surface area contributed by atoms with Crippen LogP contribution in [0.25, 0.3) is 5.69 Å². The lowest BCUT2D eigenvalue weighted by Crippen LogP contribution is -2.15. The fraction of sp³-hybridized carbons (Fsp3) is 0.238. The molecule has 0 fully saturated rings. The van der Waals surface area contributed by atoms with E-state index in [1.807, 2.05) is 30.3 Å². The molecule has 7 nitrogen and oxygen atoms in total. The molecule has 148 valence electrons. The van der Waals surface area contributed by atoms with Crippen molar-refractivity contribution in [2.75, 3.05) is 17.2 Å². The van der Waals surface area contributed by atoms with Gasteiger partial charge < -0.3 is 10.6 Å². The molecule has 0 bridgehead atoms. The smallest absolute Gasteiger partial charge is 0.230 e. The summed E-state index contributed by atoms with van der Waals surface area (Å²) in [6.07, 6.45) is 3.28. The van der Waals surface area contributed by atoms with E-state index in [9.17, 15) is 4.79 Å². The summed E-state index contributed by atoms with van der Waals surface area (Å²) in [5, 5.41) is 11.0. The highest BCUT2D eigenvalue weighted by Crippen LogP contribution is 2.37. The van der Waals surface area contributed by atoms with Gasteiger partial charge in [0.2, 0.25) is 5.91 Å². The predicted molar refractivity (Wildman–Crippen MR) is 116 cm³/mol. The minimum atomic E-state index is -0.132. The van der Waals surface area contributed by atoms with E-state index >= 15 is 0 Å². The van der Waals surface area contributed by atoms with Crippen LogP contribution in [0.3, 0.4) is 0 Å². The van der Waals surface area contributed by atoms with Crippen LogP contribution in [0.2, 0.25) is 5.02 Å². The van der Waals surface area contributed by atoms with Crippen molar-refractivity contribution in [2.24, 2.45) is 10.9 Å². The van der Waals surface area contributed by atoms with E-state index in [0.29, 0.717) is 28.0 Å². The summed E-state index contributed by atoms with van der Waals surface area (Å²) >= 11 is 6.40. The van der Waals surface area contributed by atoms with Gasteiger partial charge in [-0.05, 0) is 35.7 Å². The largest absolute Gasteiger partial charge is 0.384 e. The van der Waals surface area contributed by atoms with Crippen LogP contribution in [0.1, 0.15) is 25.8 Å². The van der Waals surface area contributed by atoms with Crippen molar-refractivity contribution in [2.45, 2.75) is 20.3 Å². The van der Waals surface area contributed by atoms with Gasteiger partial charge in [-0.25, -0.2) is 9.67 Å². The topological polar surface area (TPSA) is 84.2 Å². The third kappa shape index (κ3) is 4.30. The second kappa shape index (κ2) is 8.05. The van der Waals surface area contributed by atoms with Crippen LogP contribution in [0.15, 0.2) is 54.0 Å². The number of carbonyl (C=O) groups excluding carboxylic acids is 1. The molecule has 3 aromatic rings. The maximum absolute atomic E-state index is 12.5. The van der Waals surface area contributed by atoms with E-state index in [1.165, 1.54) is 6.33 Å². The Morgan fingerprint density at radius 3 is 2.90 bits per heavy atom. The van der Waals surface area contributed by atoms with Crippen LogP contribution in [0, 0.1) is 5.92 Å². The van der Waals surface area contributed by atoms with Crippen molar-refractivity contribution in [3.05, 3.63) is 59.6 Å². The zero-order valence-corrected chi connectivity index (χ0v) is 16.9. The Hall–Kier alpha value is -3.19. The number of hydrogen-bond donors (Lipinski definition) is 2. The van der Waals surface area contributed by atoms with Crippen molar-refractivity contribution in [1.29, 1.82) is 0 Å². The number of aliphatic imine (C=N–C) groups is 1. The number of anilines is 2. The van der Waals surface area contributed by atoms with Crippen molar-refractivity contribution < 1.29 is 4.79 Å². The Kier molecular flexibility index (Phi) is 5.31. The molecule has 0 saturated carbocycles. The lowest BCUT2D eigenvalue weighted by Gasteiger charge is -2.13. The number of carbonyl (C=O) groups is 1. The SMILES string of the molecule is CC(C)CNc1cc2c(cc1Cl)NC(=O)CC(c1cccc(-n3cncn3)c1)=N2. The first-order chi connectivity index (χ1) is 14.0. The van der Waals surface area contributed by atoms with Crippen LogP contribution < -0.4 is 10.6 Å². The van der Waals surface area contributed by atoms with E-state index in [1.54, 1.807) is 17.1 Å². The third-order valence-electron chi connectivity index (χ3n) is 4.51. The summed E-state index contributed by atoms with van der Waals surface area (Å²) in [6, 6.07) is 11.3. The first-order valence-electron chi connectivity index (χ1n) is 9.40. The number of nitrogens with one attached hydrogen (secondary N) is 2. The molecule has 0 radical (unpaired) electrons. The molecule has 1 aliphatic heterocycles. The van der Waals surface area contributed by atoms with Crippen LogP contribution in [0.5, 0.6) is 0 Å². The zero-order chi connectivity index (χ0) is 20.4. The maximum atomic E-state index is 12.5. The first kappa shape index (κ1) is 19.1. The van der Waals surface area contributed by atoms with Gasteiger partial charge in [0.05, 0.1) is 39.9 Å². The van der Waals surface area contributed by atoms with Crippen molar-refractivity contribution in [3.63, 3.8) is 0 Å². The second-order valence-electron chi connectivity index (χ2n) is 7.30. The van der Waals surface area contributed by atoms with E-state index in [2.05, 4.69) is 34.6 Å². The van der Waals surface area contributed by atoms with Gasteiger partial charge >= 0.3 is 0 Å². The number of halogens is 1. The Balaban J connectivity index is 1.74. The minimum Gasteiger partial charge on any atom is -0.384 e. The molecule has 0 saturated heterocycles. The molecule has 1 amide bonds. The molecule has 0 unspecified atom stereocenters. The highest BCUT2D eigenvalue weighted by atomic mass is 35.5. The summed E-state index contributed by atoms with van der Waals surface area (Å²) in [5.41, 5.74) is 4.47. The maximum Gasteiger partial charge on any atom is 0.230 e. The Morgan fingerprint density at radius 1 is 1.28 bits per heavy atom. The van der Waals surface area contributed by atoms with Gasteiger partial charge in [-0.15, -0.1) is 0 Å². The normalized spacial score (nSPS) is 13.5. The van der Waals surface area contributed by atoms with Gasteiger partial charge in [-0.3, -0.25) is 9.79 Å². The van der Waals surface area contributed by atoms with Gasteiger partial charge in [0, 0.05) is 6.54 Å². The molecular formula is C21H21ClN6O. The zero-order valence-electron chi connectivity index (χ0n) is 16.2. The molecule has 29 heavy (non-hydrogen) atoms. The van der Waals surface area contributed by atoms with Gasteiger partial charge in [0.25, 0.3) is 0 Å². The predicted octanol–water partition coefficient (Wildman–Crippen LogP) is 4.45. The molecule has 1 aromatic heterocycles. The summed E-state index contributed by atoms with van der Waals surface area (Å²) < 4.78 is 1.67. The Morgan fingerprint density at radius 2 is 2.14 bits per heavy atom. The summed E-state index contributed by atoms with van der Waals surface area (Å²) in [5.74, 6) is 0.343. The molecule has 2 aromatic carbocycles. The fourth-order valence-corrected chi connectivity index (χ4v) is 3.30. The number of nitrogens with zero attached hydrogens (tertiary/aromatic N) is 4. The molecule has 2 heterocycles. The number of hydrogen-bond acceptors (Lipinski definition) is 5. The molecule has 0 aliphatic carbocycles. The minimum absolute atomic E-state index is 0.132. The van der Waals surface area contributed by atoms with Crippen molar-refractivity contribution in [1.82, 2.24) is 14.8 Å². The molecule has 4 rings (SSSR count). The Bertz CT molecular complexity index is 1070. The molecule has 0 spiro atoms. The number of rotatable bonds is 5. The third-order valence-corrected chi connectivity index (χ3v) is 4.82. The highest BCUT2D eigenvalue weighted by molar-refractivity contribution is 6.34. The quantitative estimate of drug-likeness (QED) is 0.653. The molecular weight excluding hydrogens is 388 g/mol. The van der Waals surface area contributed by atoms with Crippen molar-refractivity contribution >= 4 is 40.3 Å². The standard InChI is InChI=1S/C21H21ClN6O/c1-13(2)10-24-18-8-20-19(7-16(18)22)27-21(29)9-17(26-20)14-4-3-5-15(6-14)28-12-23-11-25-28/h3-8,11-13,24H,9-10H2,1-2H3,(H,27,29). The Labute approximate surface area is 173 Å². The number of aromatic nitrogens is 3. The van der Waals surface area contributed by atoms with Crippen LogP contribution in [-0.2, 0) is 4.79 Å². The average molecular weight is 409 g/mol. The van der Waals surface area contributed by atoms with Crippen LogP contribution in [0.4, 0.5) is 17.1 Å². The van der Waals surface area contributed by atoms with E-state index in [0.717, 1.165) is 23.5 Å². The molecule has 2 N–H and O–H groups in total. The number of amides is 1. The summed E-state index contributed by atoms with van der Waals surface area (Å²) in [6.45, 7) is 5.05. The number of benzene rings is 2. The molecule has 0 atom stereocenters. The first-order valence-corrected chi connectivity index (χ1v) is 9.77. The molecule has 1 aliphatic rings. The highest BCUT2D eigenvalue weighted by Gasteiger charge is 2.19. The van der Waals surface area contributed by atoms with Gasteiger partial charge in [-0.1, -0.05) is 37.6 Å². The monoisotopic (exact) mass is 408 g/mol. The summed E-state index contributed by atoms with van der Waals surface area (Å²) in [7, 11) is 0. The fourth-order valence-electron chi connectivity index (χ4n) is 3.07.